The Morgan fingerprint density at radius 2 is 2.00 bits per heavy atom. The summed E-state index contributed by atoms with van der Waals surface area (Å²) in [5.41, 5.74) is 9.28. The summed E-state index contributed by atoms with van der Waals surface area (Å²) in [4.78, 5) is 4.67. The lowest BCUT2D eigenvalue weighted by molar-refractivity contribution is 0.828. The Balaban J connectivity index is 2.45. The molecule has 0 unspecified atom stereocenters. The molecular formula is C12H16N2S. The van der Waals surface area contributed by atoms with Crippen molar-refractivity contribution < 1.29 is 0 Å². The van der Waals surface area contributed by atoms with Crippen molar-refractivity contribution in [2.45, 2.75) is 26.7 Å². The molecule has 3 heteroatoms. The van der Waals surface area contributed by atoms with Gasteiger partial charge < -0.3 is 5.73 Å². The highest BCUT2D eigenvalue weighted by Crippen LogP contribution is 2.28. The van der Waals surface area contributed by atoms with Crippen molar-refractivity contribution in [2.75, 3.05) is 6.54 Å². The molecule has 2 N–H and O–H groups in total. The summed E-state index contributed by atoms with van der Waals surface area (Å²) in [6, 6.07) is 4.31. The topological polar surface area (TPSA) is 38.9 Å². The number of nitrogens with zero attached hydrogens (tertiary/aromatic N) is 1. The van der Waals surface area contributed by atoms with E-state index in [0.717, 1.165) is 19.4 Å². The monoisotopic (exact) mass is 220 g/mol. The normalized spacial score (nSPS) is 11.1. The first kappa shape index (κ1) is 10.6. The first-order valence-electron chi connectivity index (χ1n) is 5.28. The quantitative estimate of drug-likeness (QED) is 0.864. The maximum Gasteiger partial charge on any atom is 0.0939 e. The van der Waals surface area contributed by atoms with Gasteiger partial charge in [0.2, 0.25) is 0 Å². The molecule has 15 heavy (non-hydrogen) atoms. The van der Waals surface area contributed by atoms with Crippen molar-refractivity contribution in [3.05, 3.63) is 28.3 Å². The Morgan fingerprint density at radius 1 is 1.27 bits per heavy atom. The van der Waals surface area contributed by atoms with Crippen LogP contribution in [0.1, 0.15) is 22.6 Å². The second-order valence-corrected chi connectivity index (χ2v) is 4.96. The molecule has 0 radical (unpaired) electrons. The molecule has 2 nitrogen and oxygen atoms in total. The lowest BCUT2D eigenvalue weighted by Crippen LogP contribution is -1.99. The third-order valence-electron chi connectivity index (χ3n) is 2.58. The van der Waals surface area contributed by atoms with Gasteiger partial charge in [-0.2, -0.15) is 0 Å². The summed E-state index contributed by atoms with van der Waals surface area (Å²) in [6.07, 6.45) is 2.03. The molecule has 0 spiro atoms. The van der Waals surface area contributed by atoms with Gasteiger partial charge >= 0.3 is 0 Å². The number of aromatic nitrogens is 1. The van der Waals surface area contributed by atoms with E-state index in [1.807, 2.05) is 11.3 Å². The van der Waals surface area contributed by atoms with E-state index < -0.39 is 0 Å². The number of nitrogens with two attached hydrogens (primary N) is 1. The Kier molecular flexibility index (Phi) is 3.03. The molecule has 0 aliphatic carbocycles. The maximum absolute atomic E-state index is 5.51. The van der Waals surface area contributed by atoms with E-state index in [0.29, 0.717) is 0 Å². The van der Waals surface area contributed by atoms with E-state index in [1.165, 1.54) is 26.4 Å². The van der Waals surface area contributed by atoms with Crippen LogP contribution < -0.4 is 5.73 Å². The molecule has 0 amide bonds. The molecule has 1 aromatic heterocycles. The van der Waals surface area contributed by atoms with E-state index in [4.69, 9.17) is 5.73 Å². The van der Waals surface area contributed by atoms with Crippen LogP contribution in [0.15, 0.2) is 12.1 Å². The van der Waals surface area contributed by atoms with E-state index in [1.54, 1.807) is 0 Å². The Labute approximate surface area is 94.1 Å². The Morgan fingerprint density at radius 3 is 2.67 bits per heavy atom. The van der Waals surface area contributed by atoms with Crippen molar-refractivity contribution in [1.82, 2.24) is 4.98 Å². The van der Waals surface area contributed by atoms with E-state index in [2.05, 4.69) is 31.0 Å². The largest absolute Gasteiger partial charge is 0.330 e. The van der Waals surface area contributed by atoms with Gasteiger partial charge in [0.25, 0.3) is 0 Å². The molecule has 0 aliphatic heterocycles. The SMILES string of the molecule is Cc1ccc(C)c2sc(CCCN)nc12. The number of thiazole rings is 1. The van der Waals surface area contributed by atoms with Crippen molar-refractivity contribution in [3.8, 4) is 0 Å². The van der Waals surface area contributed by atoms with Crippen LogP contribution in [0.4, 0.5) is 0 Å². The van der Waals surface area contributed by atoms with E-state index in [-0.39, 0.29) is 0 Å². The van der Waals surface area contributed by atoms with Gasteiger partial charge in [-0.05, 0) is 37.9 Å². The molecule has 0 bridgehead atoms. The van der Waals surface area contributed by atoms with Crippen LogP contribution >= 0.6 is 11.3 Å². The zero-order valence-corrected chi connectivity index (χ0v) is 10.0. The molecule has 0 aliphatic rings. The molecule has 0 atom stereocenters. The number of hydrogen-bond acceptors (Lipinski definition) is 3. The Hall–Kier alpha value is -0.930. The lowest BCUT2D eigenvalue weighted by Gasteiger charge is -1.96. The fourth-order valence-electron chi connectivity index (χ4n) is 1.66. The third-order valence-corrected chi connectivity index (χ3v) is 3.83. The minimum absolute atomic E-state index is 0.744. The molecule has 2 rings (SSSR count). The number of fused-ring (bicyclic) bond motifs is 1. The van der Waals surface area contributed by atoms with Crippen LogP contribution in [-0.4, -0.2) is 11.5 Å². The van der Waals surface area contributed by atoms with Gasteiger partial charge in [-0.1, -0.05) is 12.1 Å². The highest BCUT2D eigenvalue weighted by Gasteiger charge is 2.07. The van der Waals surface area contributed by atoms with Crippen LogP contribution in [0.5, 0.6) is 0 Å². The lowest BCUT2D eigenvalue weighted by atomic mass is 10.1. The second kappa shape index (κ2) is 4.29. The van der Waals surface area contributed by atoms with Crippen LogP contribution in [0.2, 0.25) is 0 Å². The van der Waals surface area contributed by atoms with Crippen LogP contribution in [0.25, 0.3) is 10.2 Å². The Bertz CT molecular complexity index is 435. The van der Waals surface area contributed by atoms with Crippen molar-refractivity contribution in [2.24, 2.45) is 5.73 Å². The van der Waals surface area contributed by atoms with Crippen LogP contribution in [-0.2, 0) is 6.42 Å². The molecule has 80 valence electrons. The molecule has 0 saturated heterocycles. The van der Waals surface area contributed by atoms with Crippen LogP contribution in [0.3, 0.4) is 0 Å². The summed E-state index contributed by atoms with van der Waals surface area (Å²) in [5.74, 6) is 0. The zero-order chi connectivity index (χ0) is 10.8. The minimum atomic E-state index is 0.744. The van der Waals surface area contributed by atoms with Crippen molar-refractivity contribution in [1.29, 1.82) is 0 Å². The van der Waals surface area contributed by atoms with Gasteiger partial charge in [0, 0.05) is 6.42 Å². The summed E-state index contributed by atoms with van der Waals surface area (Å²) in [5, 5.41) is 1.22. The predicted octanol–water partition coefficient (Wildman–Crippen LogP) is 2.80. The summed E-state index contributed by atoms with van der Waals surface area (Å²) < 4.78 is 1.34. The number of hydrogen-bond donors (Lipinski definition) is 1. The molecule has 0 fully saturated rings. The summed E-state index contributed by atoms with van der Waals surface area (Å²) in [6.45, 7) is 5.01. The minimum Gasteiger partial charge on any atom is -0.330 e. The average molecular weight is 220 g/mol. The first-order chi connectivity index (χ1) is 7.22. The number of aryl methyl sites for hydroxylation is 3. The highest BCUT2D eigenvalue weighted by atomic mass is 32.1. The van der Waals surface area contributed by atoms with Gasteiger partial charge in [-0.25, -0.2) is 4.98 Å². The predicted molar refractivity (Wildman–Crippen MR) is 66.5 cm³/mol. The molecule has 2 aromatic rings. The molecule has 0 saturated carbocycles. The van der Waals surface area contributed by atoms with Gasteiger partial charge in [0.1, 0.15) is 0 Å². The number of benzene rings is 1. The number of rotatable bonds is 3. The molecular weight excluding hydrogens is 204 g/mol. The van der Waals surface area contributed by atoms with E-state index >= 15 is 0 Å². The van der Waals surface area contributed by atoms with Crippen LogP contribution in [0, 0.1) is 13.8 Å². The smallest absolute Gasteiger partial charge is 0.0939 e. The third kappa shape index (κ3) is 2.03. The fraction of sp³-hybridized carbons (Fsp3) is 0.417. The van der Waals surface area contributed by atoms with Gasteiger partial charge in [0.05, 0.1) is 15.2 Å². The zero-order valence-electron chi connectivity index (χ0n) is 9.21. The summed E-state index contributed by atoms with van der Waals surface area (Å²) in [7, 11) is 0. The average Bonchev–Trinajstić information content (AvgIpc) is 2.66. The van der Waals surface area contributed by atoms with Crippen molar-refractivity contribution >= 4 is 21.6 Å². The summed E-state index contributed by atoms with van der Waals surface area (Å²) >= 11 is 1.81. The highest BCUT2D eigenvalue weighted by molar-refractivity contribution is 7.18. The molecule has 1 aromatic carbocycles. The van der Waals surface area contributed by atoms with Gasteiger partial charge in [0.15, 0.2) is 0 Å². The molecule has 1 heterocycles. The fourth-order valence-corrected chi connectivity index (χ4v) is 2.82. The van der Waals surface area contributed by atoms with Gasteiger partial charge in [-0.3, -0.25) is 0 Å². The van der Waals surface area contributed by atoms with Gasteiger partial charge in [-0.15, -0.1) is 11.3 Å². The van der Waals surface area contributed by atoms with Crippen molar-refractivity contribution in [3.63, 3.8) is 0 Å². The maximum atomic E-state index is 5.51. The van der Waals surface area contributed by atoms with E-state index in [9.17, 15) is 0 Å². The second-order valence-electron chi connectivity index (χ2n) is 3.88. The first-order valence-corrected chi connectivity index (χ1v) is 6.09. The standard InChI is InChI=1S/C12H16N2S/c1-8-5-6-9(2)12-11(8)14-10(15-12)4-3-7-13/h5-6H,3-4,7,13H2,1-2H3.